The number of carbonyl (C=O) groups excluding carboxylic acids is 2. The van der Waals surface area contributed by atoms with E-state index in [0.717, 1.165) is 21.7 Å². The zero-order chi connectivity index (χ0) is 24.3. The summed E-state index contributed by atoms with van der Waals surface area (Å²) in [7, 11) is 0. The van der Waals surface area contributed by atoms with Crippen LogP contribution in [0.2, 0.25) is 0 Å². The van der Waals surface area contributed by atoms with Crippen molar-refractivity contribution in [1.82, 2.24) is 20.2 Å². The molecule has 1 fully saturated rings. The lowest BCUT2D eigenvalue weighted by Crippen LogP contribution is -2.43. The third kappa shape index (κ3) is 5.07. The molecule has 0 bridgehead atoms. The first kappa shape index (κ1) is 23.0. The van der Waals surface area contributed by atoms with Crippen LogP contribution in [0.4, 0.5) is 8.78 Å². The molecule has 7 nitrogen and oxygen atoms in total. The Balaban J connectivity index is 1.50. The van der Waals surface area contributed by atoms with E-state index in [-0.39, 0.29) is 0 Å². The Morgan fingerprint density at radius 1 is 1.21 bits per heavy atom. The Hall–Kier alpha value is -4.19. The normalized spacial score (nSPS) is 17.1. The number of nitrogens with one attached hydrogen (secondary N) is 1. The zero-order valence-electron chi connectivity index (χ0n) is 18.3. The number of rotatable bonds is 5. The number of aryl methyl sites for hydroxylation is 1. The van der Waals surface area contributed by atoms with Gasteiger partial charge in [-0.1, -0.05) is 24.3 Å². The summed E-state index contributed by atoms with van der Waals surface area (Å²) in [6.07, 6.45) is 6.34. The van der Waals surface area contributed by atoms with E-state index in [4.69, 9.17) is 5.26 Å². The maximum Gasteiger partial charge on any atom is 0.268 e. The van der Waals surface area contributed by atoms with Gasteiger partial charge in [0.1, 0.15) is 6.04 Å². The number of nitriles is 1. The second kappa shape index (κ2) is 9.35. The quantitative estimate of drug-likeness (QED) is 0.626. The Labute approximate surface area is 194 Å². The molecular weight excluding hydrogens is 440 g/mol. The molecule has 4 rings (SSSR count). The van der Waals surface area contributed by atoms with Gasteiger partial charge in [0.25, 0.3) is 11.8 Å². The van der Waals surface area contributed by atoms with E-state index in [1.807, 2.05) is 43.3 Å². The maximum atomic E-state index is 13.6. The van der Waals surface area contributed by atoms with Gasteiger partial charge in [0, 0.05) is 29.9 Å². The molecule has 0 aliphatic carbocycles. The van der Waals surface area contributed by atoms with Crippen LogP contribution in [-0.4, -0.2) is 51.7 Å². The topological polar surface area (TPSA) is 99.0 Å². The standard InChI is InChI=1S/C25H21F2N5O2/c1-16-2-3-18(13-30-16)5-4-17-6-7-22-21(10-17)20(8-9-29-22)24(34)31-14-23(33)32-15-25(26,27)11-19(32)12-28/h2-10,13,19H,11,14-15H2,1H3,(H,31,34)/b5-4+. The molecule has 2 aromatic heterocycles. The van der Waals surface area contributed by atoms with Crippen LogP contribution in [0, 0.1) is 18.3 Å². The van der Waals surface area contributed by atoms with Crippen molar-refractivity contribution < 1.29 is 18.4 Å². The first-order valence-electron chi connectivity index (χ1n) is 10.6. The third-order valence-corrected chi connectivity index (χ3v) is 5.55. The van der Waals surface area contributed by atoms with Gasteiger partial charge >= 0.3 is 0 Å². The number of fused-ring (bicyclic) bond motifs is 1. The number of likely N-dealkylation sites (tertiary alicyclic amines) is 1. The molecule has 9 heteroatoms. The van der Waals surface area contributed by atoms with Gasteiger partial charge in [-0.15, -0.1) is 0 Å². The van der Waals surface area contributed by atoms with Gasteiger partial charge in [-0.05, 0) is 42.3 Å². The summed E-state index contributed by atoms with van der Waals surface area (Å²) in [5.41, 5.74) is 3.58. The Morgan fingerprint density at radius 2 is 1.97 bits per heavy atom. The number of nitrogens with zero attached hydrogens (tertiary/aromatic N) is 4. The number of alkyl halides is 2. The monoisotopic (exact) mass is 461 g/mol. The lowest BCUT2D eigenvalue weighted by atomic mass is 10.0. The van der Waals surface area contributed by atoms with Crippen molar-refractivity contribution in [3.05, 3.63) is 71.2 Å². The molecule has 1 saturated heterocycles. The molecule has 0 saturated carbocycles. The first-order chi connectivity index (χ1) is 16.3. The Kier molecular flexibility index (Phi) is 6.32. The number of amides is 2. The maximum absolute atomic E-state index is 13.6. The first-order valence-corrected chi connectivity index (χ1v) is 10.6. The highest BCUT2D eigenvalue weighted by atomic mass is 19.3. The molecule has 1 unspecified atom stereocenters. The number of hydrogen-bond acceptors (Lipinski definition) is 5. The SMILES string of the molecule is Cc1ccc(/C=C/c2ccc3nccc(C(=O)NCC(=O)N4CC(F)(F)CC4C#N)c3c2)cn1. The molecular formula is C25H21F2N5O2. The van der Waals surface area contributed by atoms with Crippen LogP contribution in [0.1, 0.15) is 33.6 Å². The molecule has 34 heavy (non-hydrogen) atoms. The van der Waals surface area contributed by atoms with E-state index < -0.39 is 43.3 Å². The molecule has 1 aliphatic heterocycles. The summed E-state index contributed by atoms with van der Waals surface area (Å²) in [6.45, 7) is 0.591. The van der Waals surface area contributed by atoms with E-state index >= 15 is 0 Å². The second-order valence-corrected chi connectivity index (χ2v) is 8.11. The van der Waals surface area contributed by atoms with Crippen molar-refractivity contribution in [2.45, 2.75) is 25.3 Å². The summed E-state index contributed by atoms with van der Waals surface area (Å²) in [4.78, 5) is 34.6. The number of carbonyl (C=O) groups is 2. The fourth-order valence-electron chi connectivity index (χ4n) is 3.78. The summed E-state index contributed by atoms with van der Waals surface area (Å²) >= 11 is 0. The highest BCUT2D eigenvalue weighted by Gasteiger charge is 2.47. The zero-order valence-corrected chi connectivity index (χ0v) is 18.3. The Bertz CT molecular complexity index is 1320. The van der Waals surface area contributed by atoms with Gasteiger partial charge in [0.15, 0.2) is 0 Å². The fraction of sp³-hybridized carbons (Fsp3) is 0.240. The average molecular weight is 461 g/mol. The average Bonchev–Trinajstić information content (AvgIpc) is 3.16. The van der Waals surface area contributed by atoms with Crippen LogP contribution in [0.25, 0.3) is 23.1 Å². The van der Waals surface area contributed by atoms with E-state index in [1.54, 1.807) is 18.3 Å². The van der Waals surface area contributed by atoms with Gasteiger partial charge in [0.2, 0.25) is 5.91 Å². The van der Waals surface area contributed by atoms with Crippen LogP contribution in [0.5, 0.6) is 0 Å². The Morgan fingerprint density at radius 3 is 2.71 bits per heavy atom. The molecule has 0 spiro atoms. The summed E-state index contributed by atoms with van der Waals surface area (Å²) < 4.78 is 27.2. The molecule has 0 radical (unpaired) electrons. The van der Waals surface area contributed by atoms with Crippen LogP contribution in [-0.2, 0) is 4.79 Å². The number of benzene rings is 1. The molecule has 3 aromatic rings. The van der Waals surface area contributed by atoms with Gasteiger partial charge in [0.05, 0.1) is 30.2 Å². The van der Waals surface area contributed by atoms with Crippen molar-refractivity contribution >= 4 is 34.9 Å². The van der Waals surface area contributed by atoms with Crippen molar-refractivity contribution in [3.8, 4) is 6.07 Å². The van der Waals surface area contributed by atoms with E-state index in [1.165, 1.54) is 12.3 Å². The van der Waals surface area contributed by atoms with Crippen molar-refractivity contribution in [2.75, 3.05) is 13.1 Å². The van der Waals surface area contributed by atoms with E-state index in [0.29, 0.717) is 16.5 Å². The molecule has 1 aromatic carbocycles. The highest BCUT2D eigenvalue weighted by molar-refractivity contribution is 6.07. The van der Waals surface area contributed by atoms with Gasteiger partial charge in [-0.25, -0.2) is 8.78 Å². The minimum atomic E-state index is -3.11. The summed E-state index contributed by atoms with van der Waals surface area (Å²) in [5.74, 6) is -4.38. The molecule has 3 heterocycles. The van der Waals surface area contributed by atoms with Crippen LogP contribution >= 0.6 is 0 Å². The minimum absolute atomic E-state index is 0.300. The van der Waals surface area contributed by atoms with Crippen LogP contribution < -0.4 is 5.32 Å². The van der Waals surface area contributed by atoms with Crippen molar-refractivity contribution in [3.63, 3.8) is 0 Å². The largest absolute Gasteiger partial charge is 0.343 e. The molecule has 2 amide bonds. The number of aromatic nitrogens is 2. The van der Waals surface area contributed by atoms with Gasteiger partial charge < -0.3 is 10.2 Å². The van der Waals surface area contributed by atoms with Gasteiger partial charge in [-0.2, -0.15) is 5.26 Å². The van der Waals surface area contributed by atoms with E-state index in [9.17, 15) is 18.4 Å². The van der Waals surface area contributed by atoms with Crippen molar-refractivity contribution in [2.24, 2.45) is 0 Å². The molecule has 1 aliphatic rings. The third-order valence-electron chi connectivity index (χ3n) is 5.55. The molecule has 172 valence electrons. The predicted molar refractivity (Wildman–Crippen MR) is 123 cm³/mol. The van der Waals surface area contributed by atoms with Crippen molar-refractivity contribution in [1.29, 1.82) is 5.26 Å². The second-order valence-electron chi connectivity index (χ2n) is 8.11. The number of pyridine rings is 2. The van der Waals surface area contributed by atoms with E-state index in [2.05, 4.69) is 15.3 Å². The van der Waals surface area contributed by atoms with Crippen LogP contribution in [0.3, 0.4) is 0 Å². The van der Waals surface area contributed by atoms with Gasteiger partial charge in [-0.3, -0.25) is 19.6 Å². The minimum Gasteiger partial charge on any atom is -0.343 e. The fourth-order valence-corrected chi connectivity index (χ4v) is 3.78. The summed E-state index contributed by atoms with van der Waals surface area (Å²) in [5, 5.41) is 12.1. The number of hydrogen-bond donors (Lipinski definition) is 1. The predicted octanol–water partition coefficient (Wildman–Crippen LogP) is 3.60. The number of halogens is 2. The molecule has 1 atom stereocenters. The van der Waals surface area contributed by atoms with Crippen LogP contribution in [0.15, 0.2) is 48.8 Å². The highest BCUT2D eigenvalue weighted by Crippen LogP contribution is 2.31. The lowest BCUT2D eigenvalue weighted by Gasteiger charge is -2.19. The lowest BCUT2D eigenvalue weighted by molar-refractivity contribution is -0.131. The summed E-state index contributed by atoms with van der Waals surface area (Å²) in [6, 6.07) is 11.4. The smallest absolute Gasteiger partial charge is 0.268 e. The molecule has 1 N–H and O–H groups in total.